The lowest BCUT2D eigenvalue weighted by Gasteiger charge is -2.08. The number of halogens is 2. The molecule has 0 spiro atoms. The number of rotatable bonds is 5. The lowest BCUT2D eigenvalue weighted by atomic mass is 10.2. The summed E-state index contributed by atoms with van der Waals surface area (Å²) in [5, 5.41) is 12.2. The van der Waals surface area contributed by atoms with Gasteiger partial charge in [-0.25, -0.2) is 0 Å². The molecule has 0 aliphatic heterocycles. The molecule has 0 aliphatic rings. The van der Waals surface area contributed by atoms with E-state index < -0.39 is 0 Å². The smallest absolute Gasteiger partial charge is 0.277 e. The number of hydrogen-bond donors (Lipinski definition) is 1. The number of benzene rings is 2. The van der Waals surface area contributed by atoms with Gasteiger partial charge in [-0.3, -0.25) is 4.79 Å². The molecule has 0 unspecified atom stereocenters. The predicted octanol–water partition coefficient (Wildman–Crippen LogP) is 5.08. The Hall–Kier alpha value is -2.02. The topological polar surface area (TPSA) is 68.0 Å². The molecule has 0 saturated carbocycles. The van der Waals surface area contributed by atoms with Crippen LogP contribution in [0.3, 0.4) is 0 Å². The first-order valence-electron chi connectivity index (χ1n) is 7.30. The summed E-state index contributed by atoms with van der Waals surface area (Å²) in [6.45, 7) is 1.85. The summed E-state index contributed by atoms with van der Waals surface area (Å²) in [4.78, 5) is 12.1. The van der Waals surface area contributed by atoms with Gasteiger partial charge < -0.3 is 9.73 Å². The summed E-state index contributed by atoms with van der Waals surface area (Å²) in [6, 6.07) is 12.5. The van der Waals surface area contributed by atoms with Crippen LogP contribution in [0.25, 0.3) is 11.5 Å². The van der Waals surface area contributed by atoms with Crippen LogP contribution in [0, 0.1) is 6.92 Å². The third-order valence-corrected chi connectivity index (χ3v) is 4.81. The fraction of sp³-hybridized carbons (Fsp3) is 0.118. The van der Waals surface area contributed by atoms with Gasteiger partial charge in [-0.05, 0) is 42.8 Å². The van der Waals surface area contributed by atoms with Crippen molar-refractivity contribution in [3.8, 4) is 11.5 Å². The molecular formula is C17H13Cl2N3O2S. The Morgan fingerprint density at radius 3 is 2.80 bits per heavy atom. The lowest BCUT2D eigenvalue weighted by molar-refractivity contribution is -0.113. The maximum atomic E-state index is 12.1. The van der Waals surface area contributed by atoms with E-state index in [9.17, 15) is 4.79 Å². The summed E-state index contributed by atoms with van der Waals surface area (Å²) in [5.41, 5.74) is 2.23. The van der Waals surface area contributed by atoms with Gasteiger partial charge in [0.25, 0.3) is 5.22 Å². The Morgan fingerprint density at radius 2 is 2.00 bits per heavy atom. The third-order valence-electron chi connectivity index (χ3n) is 3.35. The van der Waals surface area contributed by atoms with Crippen molar-refractivity contribution in [3.05, 3.63) is 58.1 Å². The molecule has 25 heavy (non-hydrogen) atoms. The molecule has 0 radical (unpaired) electrons. The Bertz CT molecular complexity index is 914. The number of anilines is 1. The van der Waals surface area contributed by atoms with Gasteiger partial charge in [0.1, 0.15) is 0 Å². The summed E-state index contributed by atoms with van der Waals surface area (Å²) in [6.07, 6.45) is 0. The van der Waals surface area contributed by atoms with Gasteiger partial charge in [-0.1, -0.05) is 47.1 Å². The monoisotopic (exact) mass is 393 g/mol. The molecule has 0 bridgehead atoms. The van der Waals surface area contributed by atoms with Crippen LogP contribution in [-0.2, 0) is 4.79 Å². The average molecular weight is 394 g/mol. The highest BCUT2D eigenvalue weighted by Crippen LogP contribution is 2.26. The third kappa shape index (κ3) is 4.54. The van der Waals surface area contributed by atoms with Gasteiger partial charge >= 0.3 is 0 Å². The first-order chi connectivity index (χ1) is 12.0. The standard InChI is InChI=1S/C17H13Cl2N3O2S/c1-10-13(19)6-3-7-14(10)20-15(23)9-25-17-22-21-16(24-17)11-4-2-5-12(18)8-11/h2-8H,9H2,1H3,(H,20,23). The molecule has 0 fully saturated rings. The van der Waals surface area contributed by atoms with Gasteiger partial charge in [0.15, 0.2) is 0 Å². The van der Waals surface area contributed by atoms with Crippen LogP contribution in [0.15, 0.2) is 52.1 Å². The van der Waals surface area contributed by atoms with Crippen molar-refractivity contribution < 1.29 is 9.21 Å². The van der Waals surface area contributed by atoms with Crippen molar-refractivity contribution in [2.45, 2.75) is 12.1 Å². The molecule has 1 heterocycles. The van der Waals surface area contributed by atoms with Gasteiger partial charge in [0, 0.05) is 21.3 Å². The minimum atomic E-state index is -0.183. The van der Waals surface area contributed by atoms with Crippen LogP contribution >= 0.6 is 35.0 Å². The van der Waals surface area contributed by atoms with Crippen LogP contribution < -0.4 is 5.32 Å². The molecule has 1 N–H and O–H groups in total. The average Bonchev–Trinajstić information content (AvgIpc) is 3.06. The second-order valence-electron chi connectivity index (χ2n) is 5.13. The van der Waals surface area contributed by atoms with E-state index in [-0.39, 0.29) is 11.7 Å². The quantitative estimate of drug-likeness (QED) is 0.611. The van der Waals surface area contributed by atoms with Crippen molar-refractivity contribution >= 4 is 46.6 Å². The Balaban J connectivity index is 1.60. The number of hydrogen-bond acceptors (Lipinski definition) is 5. The molecule has 5 nitrogen and oxygen atoms in total. The zero-order valence-electron chi connectivity index (χ0n) is 13.1. The van der Waals surface area contributed by atoms with Gasteiger partial charge in [0.2, 0.25) is 11.8 Å². The van der Waals surface area contributed by atoms with Crippen molar-refractivity contribution in [1.82, 2.24) is 10.2 Å². The van der Waals surface area contributed by atoms with Crippen LogP contribution in [0.1, 0.15) is 5.56 Å². The molecule has 3 rings (SSSR count). The van der Waals surface area contributed by atoms with Crippen molar-refractivity contribution in [2.75, 3.05) is 11.1 Å². The molecule has 2 aromatic carbocycles. The first kappa shape index (κ1) is 17.8. The normalized spacial score (nSPS) is 10.7. The largest absolute Gasteiger partial charge is 0.411 e. The first-order valence-corrected chi connectivity index (χ1v) is 9.04. The molecule has 128 valence electrons. The molecule has 8 heteroatoms. The fourth-order valence-electron chi connectivity index (χ4n) is 2.06. The number of amides is 1. The Labute approximate surface area is 158 Å². The summed E-state index contributed by atoms with van der Waals surface area (Å²) in [7, 11) is 0. The Kier molecular flexibility index (Phi) is 5.63. The fourth-order valence-corrected chi connectivity index (χ4v) is 2.99. The van der Waals surface area contributed by atoms with E-state index in [1.54, 1.807) is 36.4 Å². The van der Waals surface area contributed by atoms with Gasteiger partial charge in [-0.2, -0.15) is 0 Å². The Morgan fingerprint density at radius 1 is 1.20 bits per heavy atom. The number of thioether (sulfide) groups is 1. The van der Waals surface area contributed by atoms with Gasteiger partial charge in [0.05, 0.1) is 5.75 Å². The molecule has 0 saturated heterocycles. The second kappa shape index (κ2) is 7.91. The zero-order chi connectivity index (χ0) is 17.8. The van der Waals surface area contributed by atoms with Crippen LogP contribution in [0.4, 0.5) is 5.69 Å². The maximum Gasteiger partial charge on any atom is 0.277 e. The number of carbonyl (C=O) groups excluding carboxylic acids is 1. The predicted molar refractivity (Wildman–Crippen MR) is 100 cm³/mol. The van der Waals surface area contributed by atoms with Crippen molar-refractivity contribution in [3.63, 3.8) is 0 Å². The molecule has 0 atom stereocenters. The highest BCUT2D eigenvalue weighted by molar-refractivity contribution is 7.99. The van der Waals surface area contributed by atoms with E-state index in [2.05, 4.69) is 15.5 Å². The zero-order valence-corrected chi connectivity index (χ0v) is 15.5. The highest BCUT2D eigenvalue weighted by atomic mass is 35.5. The van der Waals surface area contributed by atoms with E-state index in [4.69, 9.17) is 27.6 Å². The minimum Gasteiger partial charge on any atom is -0.411 e. The van der Waals surface area contributed by atoms with Crippen molar-refractivity contribution in [2.24, 2.45) is 0 Å². The molecule has 0 aliphatic carbocycles. The molecule has 1 aromatic heterocycles. The van der Waals surface area contributed by atoms with Crippen molar-refractivity contribution in [1.29, 1.82) is 0 Å². The van der Waals surface area contributed by atoms with Crippen LogP contribution in [0.5, 0.6) is 0 Å². The summed E-state index contributed by atoms with van der Waals surface area (Å²) in [5.74, 6) is 0.317. The van der Waals surface area contributed by atoms with E-state index in [0.29, 0.717) is 26.8 Å². The minimum absolute atomic E-state index is 0.142. The number of nitrogens with zero attached hydrogens (tertiary/aromatic N) is 2. The highest BCUT2D eigenvalue weighted by Gasteiger charge is 2.12. The summed E-state index contributed by atoms with van der Waals surface area (Å²) >= 11 is 13.2. The maximum absolute atomic E-state index is 12.1. The lowest BCUT2D eigenvalue weighted by Crippen LogP contribution is -2.14. The number of aromatic nitrogens is 2. The van der Waals surface area contributed by atoms with E-state index in [0.717, 1.165) is 22.9 Å². The van der Waals surface area contributed by atoms with E-state index in [1.165, 1.54) is 0 Å². The van der Waals surface area contributed by atoms with E-state index in [1.807, 2.05) is 13.0 Å². The van der Waals surface area contributed by atoms with Gasteiger partial charge in [-0.15, -0.1) is 10.2 Å². The van der Waals surface area contributed by atoms with Crippen LogP contribution in [-0.4, -0.2) is 21.9 Å². The van der Waals surface area contributed by atoms with Crippen LogP contribution in [0.2, 0.25) is 10.0 Å². The van der Waals surface area contributed by atoms with E-state index >= 15 is 0 Å². The molecule has 3 aromatic rings. The molecular weight excluding hydrogens is 381 g/mol. The second-order valence-corrected chi connectivity index (χ2v) is 6.90. The molecule has 1 amide bonds. The summed E-state index contributed by atoms with van der Waals surface area (Å²) < 4.78 is 5.55. The SMILES string of the molecule is Cc1c(Cl)cccc1NC(=O)CSc1nnc(-c2cccc(Cl)c2)o1. The number of nitrogens with one attached hydrogen (secondary N) is 1. The number of carbonyl (C=O) groups is 1.